The zero-order valence-corrected chi connectivity index (χ0v) is 9.46. The normalized spacial score (nSPS) is 11.7. The second kappa shape index (κ2) is 5.37. The summed E-state index contributed by atoms with van der Waals surface area (Å²) in [4.78, 5) is 13.3. The Bertz CT molecular complexity index is 487. The first-order valence-corrected chi connectivity index (χ1v) is 4.81. The van der Waals surface area contributed by atoms with Crippen LogP contribution >= 0.6 is 0 Å². The van der Waals surface area contributed by atoms with Crippen LogP contribution in [0.5, 0.6) is 5.75 Å². The fraction of sp³-hybridized carbons (Fsp3) is 0.400. The van der Waals surface area contributed by atoms with E-state index in [1.165, 1.54) is 0 Å². The molecule has 0 atom stereocenters. The number of hydrogen-bond acceptors (Lipinski definition) is 3. The van der Waals surface area contributed by atoms with E-state index in [2.05, 4.69) is 9.72 Å². The van der Waals surface area contributed by atoms with Crippen LogP contribution in [0.1, 0.15) is 23.4 Å². The molecule has 0 unspecified atom stereocenters. The molecular formula is C10H8F5NO3. The van der Waals surface area contributed by atoms with E-state index in [0.717, 1.165) is 7.11 Å². The Morgan fingerprint density at radius 3 is 2.42 bits per heavy atom. The Balaban J connectivity index is 3.46. The van der Waals surface area contributed by atoms with Gasteiger partial charge in [-0.1, -0.05) is 0 Å². The van der Waals surface area contributed by atoms with Gasteiger partial charge in [-0.2, -0.15) is 13.2 Å². The largest absolute Gasteiger partial charge is 0.494 e. The average molecular weight is 285 g/mol. The van der Waals surface area contributed by atoms with E-state index in [1.807, 2.05) is 0 Å². The van der Waals surface area contributed by atoms with Crippen molar-refractivity contribution in [3.63, 3.8) is 0 Å². The lowest BCUT2D eigenvalue weighted by atomic mass is 10.1. The topological polar surface area (TPSA) is 59.4 Å². The lowest BCUT2D eigenvalue weighted by Gasteiger charge is -2.15. The highest BCUT2D eigenvalue weighted by atomic mass is 19.4. The fourth-order valence-electron chi connectivity index (χ4n) is 1.40. The molecule has 19 heavy (non-hydrogen) atoms. The molecule has 0 amide bonds. The molecule has 1 heterocycles. The maximum absolute atomic E-state index is 12.6. The number of alkyl halides is 5. The minimum Gasteiger partial charge on any atom is -0.494 e. The van der Waals surface area contributed by atoms with Gasteiger partial charge in [0.05, 0.1) is 13.5 Å². The number of halogens is 5. The van der Waals surface area contributed by atoms with Gasteiger partial charge < -0.3 is 9.84 Å². The standard InChI is InChI=1S/C10H8F5NO3/c1-19-5-2-4(3-6(17)18)7(9(11)12)16-8(5)10(13,14)15/h2,9H,3H2,1H3,(H,17,18). The number of pyridine rings is 1. The minimum absolute atomic E-state index is 0.521. The van der Waals surface area contributed by atoms with Gasteiger partial charge in [-0.25, -0.2) is 13.8 Å². The summed E-state index contributed by atoms with van der Waals surface area (Å²) >= 11 is 0. The van der Waals surface area contributed by atoms with Crippen molar-refractivity contribution < 1.29 is 36.6 Å². The van der Waals surface area contributed by atoms with Crippen LogP contribution in [0.3, 0.4) is 0 Å². The Morgan fingerprint density at radius 2 is 2.05 bits per heavy atom. The number of methoxy groups -OCH3 is 1. The molecule has 1 aromatic rings. The molecule has 0 saturated heterocycles. The number of ether oxygens (including phenoxy) is 1. The zero-order chi connectivity index (χ0) is 14.8. The minimum atomic E-state index is -4.98. The van der Waals surface area contributed by atoms with Crippen molar-refractivity contribution in [1.82, 2.24) is 4.98 Å². The highest BCUT2D eigenvalue weighted by Gasteiger charge is 2.38. The van der Waals surface area contributed by atoms with E-state index in [9.17, 15) is 26.7 Å². The number of rotatable bonds is 4. The second-order valence-electron chi connectivity index (χ2n) is 3.45. The molecule has 0 aliphatic heterocycles. The number of nitrogens with zero attached hydrogens (tertiary/aromatic N) is 1. The third kappa shape index (κ3) is 3.52. The van der Waals surface area contributed by atoms with Crippen LogP contribution in [0.4, 0.5) is 22.0 Å². The quantitative estimate of drug-likeness (QED) is 0.864. The molecule has 0 aliphatic carbocycles. The van der Waals surface area contributed by atoms with Gasteiger partial charge in [0.25, 0.3) is 6.43 Å². The molecule has 1 rings (SSSR count). The molecule has 0 aliphatic rings. The summed E-state index contributed by atoms with van der Waals surface area (Å²) in [6, 6.07) is 0.617. The van der Waals surface area contributed by atoms with Gasteiger partial charge in [0.1, 0.15) is 11.4 Å². The van der Waals surface area contributed by atoms with Crippen molar-refractivity contribution >= 4 is 5.97 Å². The fourth-order valence-corrected chi connectivity index (χ4v) is 1.40. The van der Waals surface area contributed by atoms with E-state index in [4.69, 9.17) is 5.11 Å². The Hall–Kier alpha value is -1.93. The molecule has 9 heteroatoms. The number of carbonyl (C=O) groups is 1. The number of carboxylic acid groups (broad SMARTS) is 1. The van der Waals surface area contributed by atoms with E-state index >= 15 is 0 Å². The third-order valence-corrected chi connectivity index (χ3v) is 2.14. The molecule has 0 fully saturated rings. The maximum atomic E-state index is 12.6. The van der Waals surface area contributed by atoms with Crippen molar-refractivity contribution in [2.24, 2.45) is 0 Å². The number of hydrogen-bond donors (Lipinski definition) is 1. The van der Waals surface area contributed by atoms with Crippen molar-refractivity contribution in [3.05, 3.63) is 23.0 Å². The van der Waals surface area contributed by atoms with Crippen LogP contribution in [0.2, 0.25) is 0 Å². The monoisotopic (exact) mass is 285 g/mol. The van der Waals surface area contributed by atoms with Gasteiger partial charge in [0.2, 0.25) is 0 Å². The molecular weight excluding hydrogens is 277 g/mol. The van der Waals surface area contributed by atoms with E-state index in [-0.39, 0.29) is 0 Å². The van der Waals surface area contributed by atoms with Crippen molar-refractivity contribution in [1.29, 1.82) is 0 Å². The van der Waals surface area contributed by atoms with Crippen LogP contribution in [-0.2, 0) is 17.4 Å². The summed E-state index contributed by atoms with van der Waals surface area (Å²) in [5.41, 5.74) is -3.35. The molecule has 0 radical (unpaired) electrons. The molecule has 0 aromatic carbocycles. The first kappa shape index (κ1) is 15.1. The summed E-state index contributed by atoms with van der Waals surface area (Å²) in [6.07, 6.45) is -9.17. The molecule has 0 spiro atoms. The molecule has 0 saturated carbocycles. The molecule has 0 bridgehead atoms. The van der Waals surface area contributed by atoms with Crippen LogP contribution in [0.15, 0.2) is 6.07 Å². The first-order chi connectivity index (χ1) is 8.66. The van der Waals surface area contributed by atoms with Gasteiger partial charge in [0.15, 0.2) is 5.69 Å². The van der Waals surface area contributed by atoms with E-state index in [0.29, 0.717) is 6.07 Å². The lowest BCUT2D eigenvalue weighted by Crippen LogP contribution is -2.15. The average Bonchev–Trinajstić information content (AvgIpc) is 2.25. The van der Waals surface area contributed by atoms with Crippen molar-refractivity contribution in [3.8, 4) is 5.75 Å². The number of carboxylic acids is 1. The zero-order valence-electron chi connectivity index (χ0n) is 9.46. The second-order valence-corrected chi connectivity index (χ2v) is 3.45. The van der Waals surface area contributed by atoms with Crippen molar-refractivity contribution in [2.75, 3.05) is 7.11 Å². The van der Waals surface area contributed by atoms with Gasteiger partial charge in [-0.3, -0.25) is 4.79 Å². The van der Waals surface area contributed by atoms with Crippen LogP contribution < -0.4 is 4.74 Å². The number of aromatic nitrogens is 1. The van der Waals surface area contributed by atoms with Crippen molar-refractivity contribution in [2.45, 2.75) is 19.0 Å². The Morgan fingerprint density at radius 1 is 1.47 bits per heavy atom. The molecule has 4 nitrogen and oxygen atoms in total. The highest BCUT2D eigenvalue weighted by Crippen LogP contribution is 2.37. The van der Waals surface area contributed by atoms with Gasteiger partial charge in [0, 0.05) is 0 Å². The summed E-state index contributed by atoms with van der Waals surface area (Å²) in [6.45, 7) is 0. The summed E-state index contributed by atoms with van der Waals surface area (Å²) in [5, 5.41) is 8.53. The predicted octanol–water partition coefficient (Wildman–Crippen LogP) is 2.67. The van der Waals surface area contributed by atoms with E-state index in [1.54, 1.807) is 0 Å². The highest BCUT2D eigenvalue weighted by molar-refractivity contribution is 5.71. The van der Waals surface area contributed by atoms with Gasteiger partial charge >= 0.3 is 12.1 Å². The molecule has 1 N–H and O–H groups in total. The van der Waals surface area contributed by atoms with Crippen LogP contribution in [-0.4, -0.2) is 23.2 Å². The number of aliphatic carboxylic acids is 1. The SMILES string of the molecule is COc1cc(CC(=O)O)c(C(F)F)nc1C(F)(F)F. The lowest BCUT2D eigenvalue weighted by molar-refractivity contribution is -0.142. The summed E-state index contributed by atoms with van der Waals surface area (Å²) in [5.74, 6) is -2.27. The third-order valence-electron chi connectivity index (χ3n) is 2.14. The van der Waals surface area contributed by atoms with Gasteiger partial charge in [-0.15, -0.1) is 0 Å². The van der Waals surface area contributed by atoms with Gasteiger partial charge in [-0.05, 0) is 11.6 Å². The summed E-state index contributed by atoms with van der Waals surface area (Å²) in [7, 11) is 0.902. The molecule has 106 valence electrons. The predicted molar refractivity (Wildman–Crippen MR) is 52.1 cm³/mol. The Kier molecular flexibility index (Phi) is 4.28. The Labute approximate surface area is 103 Å². The first-order valence-electron chi connectivity index (χ1n) is 4.81. The molecule has 1 aromatic heterocycles. The smallest absolute Gasteiger partial charge is 0.437 e. The van der Waals surface area contributed by atoms with E-state index < -0.39 is 47.7 Å². The summed E-state index contributed by atoms with van der Waals surface area (Å²) < 4.78 is 67.4. The van der Waals surface area contributed by atoms with Crippen LogP contribution in [0.25, 0.3) is 0 Å². The van der Waals surface area contributed by atoms with Crippen LogP contribution in [0, 0.1) is 0 Å². The maximum Gasteiger partial charge on any atom is 0.437 e.